The number of halogens is 2. The van der Waals surface area contributed by atoms with Crippen LogP contribution in [-0.4, -0.2) is 40.4 Å². The number of carbonyl (C=O) groups excluding carboxylic acids is 2. The summed E-state index contributed by atoms with van der Waals surface area (Å²) in [6.07, 6.45) is 1.76. The molecule has 4 aliphatic rings. The molecule has 8 atom stereocenters. The predicted molar refractivity (Wildman–Crippen MR) is 98.6 cm³/mol. The molecule has 6 heteroatoms. The minimum atomic E-state index is -3.18. The molecule has 0 aromatic heterocycles. The van der Waals surface area contributed by atoms with E-state index in [1.807, 2.05) is 13.8 Å². The van der Waals surface area contributed by atoms with Gasteiger partial charge in [-0.05, 0) is 61.9 Å². The Morgan fingerprint density at radius 3 is 2.64 bits per heavy atom. The van der Waals surface area contributed by atoms with Crippen LogP contribution in [0.1, 0.15) is 52.9 Å². The largest absolute Gasteiger partial charge is 0.393 e. The molecule has 3 fully saturated rings. The Balaban J connectivity index is 1.78. The van der Waals surface area contributed by atoms with Crippen LogP contribution in [-0.2, 0) is 9.59 Å². The zero-order valence-corrected chi connectivity index (χ0v) is 16.8. The Bertz CT molecular complexity index is 747. The van der Waals surface area contributed by atoms with E-state index in [1.54, 1.807) is 0 Å². The molecule has 0 heterocycles. The molecule has 0 spiro atoms. The van der Waals surface area contributed by atoms with Crippen molar-refractivity contribution in [2.24, 2.45) is 40.4 Å². The number of aliphatic hydroxyl groups excluding tert-OH is 2. The maximum atomic E-state index is 15.2. The van der Waals surface area contributed by atoms with Crippen LogP contribution in [0.5, 0.6) is 0 Å². The van der Waals surface area contributed by atoms with Crippen molar-refractivity contribution in [3.63, 3.8) is 0 Å². The summed E-state index contributed by atoms with van der Waals surface area (Å²) in [5.74, 6) is -4.90. The lowest BCUT2D eigenvalue weighted by Gasteiger charge is -2.61. The minimum Gasteiger partial charge on any atom is -0.393 e. The molecule has 0 unspecified atom stereocenters. The second-order valence-electron chi connectivity index (χ2n) is 10.1. The van der Waals surface area contributed by atoms with Crippen molar-refractivity contribution < 1.29 is 28.6 Å². The fraction of sp³-hybridized carbons (Fsp3) is 0.818. The number of hydrogen-bond donors (Lipinski definition) is 2. The van der Waals surface area contributed by atoms with E-state index in [1.165, 1.54) is 13.0 Å². The summed E-state index contributed by atoms with van der Waals surface area (Å²) in [4.78, 5) is 24.3. The third-order valence-electron chi connectivity index (χ3n) is 8.87. The summed E-state index contributed by atoms with van der Waals surface area (Å²) in [7, 11) is 0. The number of alkyl halides is 2. The molecular formula is C22H30F2O4. The van der Waals surface area contributed by atoms with Gasteiger partial charge >= 0.3 is 0 Å². The van der Waals surface area contributed by atoms with Crippen LogP contribution < -0.4 is 0 Å². The van der Waals surface area contributed by atoms with Crippen molar-refractivity contribution >= 4 is 11.6 Å². The van der Waals surface area contributed by atoms with E-state index in [2.05, 4.69) is 0 Å². The van der Waals surface area contributed by atoms with Gasteiger partial charge in [0.25, 0.3) is 5.92 Å². The van der Waals surface area contributed by atoms with E-state index in [9.17, 15) is 19.8 Å². The monoisotopic (exact) mass is 396 g/mol. The predicted octanol–water partition coefficient (Wildman–Crippen LogP) is 3.16. The average Bonchev–Trinajstić information content (AvgIpc) is 2.84. The van der Waals surface area contributed by atoms with Crippen molar-refractivity contribution in [3.05, 3.63) is 11.6 Å². The number of ketones is 2. The number of carbonyl (C=O) groups is 2. The standard InChI is InChI=1S/C22H30F2O4/c1-11-6-15-14-5-4-12-7-13(26)8-22(23,24)21(12,3)19(14)16(27)9-20(15,2)18(11)17(28)10-25/h7,11,14-16,18-19,25,27H,4-6,8-10H2,1-3H3/t11-,14+,15+,16+,18-,19-,20+,21+/m1/s1. The first kappa shape index (κ1) is 20.1. The van der Waals surface area contributed by atoms with Gasteiger partial charge in [-0.1, -0.05) is 19.4 Å². The normalized spacial score (nSPS) is 49.7. The fourth-order valence-corrected chi connectivity index (χ4v) is 7.86. The van der Waals surface area contributed by atoms with Gasteiger partial charge in [-0.15, -0.1) is 0 Å². The Kier molecular flexibility index (Phi) is 4.45. The van der Waals surface area contributed by atoms with Crippen LogP contribution in [0.4, 0.5) is 8.78 Å². The van der Waals surface area contributed by atoms with Crippen molar-refractivity contribution in [1.82, 2.24) is 0 Å². The van der Waals surface area contributed by atoms with E-state index < -0.39 is 47.6 Å². The molecule has 0 amide bonds. The molecule has 156 valence electrons. The topological polar surface area (TPSA) is 74.6 Å². The highest BCUT2D eigenvalue weighted by atomic mass is 19.3. The van der Waals surface area contributed by atoms with E-state index >= 15 is 8.78 Å². The Morgan fingerprint density at radius 2 is 2.00 bits per heavy atom. The van der Waals surface area contributed by atoms with Gasteiger partial charge in [0, 0.05) is 11.8 Å². The molecule has 0 aromatic rings. The first-order valence-corrected chi connectivity index (χ1v) is 10.4. The fourth-order valence-electron chi connectivity index (χ4n) is 7.86. The van der Waals surface area contributed by atoms with Crippen LogP contribution in [0, 0.1) is 40.4 Å². The second kappa shape index (κ2) is 6.18. The van der Waals surface area contributed by atoms with E-state index in [-0.39, 0.29) is 35.9 Å². The van der Waals surface area contributed by atoms with Gasteiger partial charge < -0.3 is 10.2 Å². The summed E-state index contributed by atoms with van der Waals surface area (Å²) in [6, 6.07) is 0. The summed E-state index contributed by atoms with van der Waals surface area (Å²) < 4.78 is 30.5. The van der Waals surface area contributed by atoms with Crippen LogP contribution >= 0.6 is 0 Å². The molecule has 28 heavy (non-hydrogen) atoms. The van der Waals surface area contributed by atoms with Gasteiger partial charge in [0.05, 0.1) is 17.9 Å². The molecule has 0 aliphatic heterocycles. The summed E-state index contributed by atoms with van der Waals surface area (Å²) >= 11 is 0. The van der Waals surface area contributed by atoms with Gasteiger partial charge in [0.1, 0.15) is 6.61 Å². The van der Waals surface area contributed by atoms with Crippen LogP contribution in [0.3, 0.4) is 0 Å². The molecule has 4 aliphatic carbocycles. The molecule has 4 rings (SSSR count). The van der Waals surface area contributed by atoms with Crippen LogP contribution in [0.2, 0.25) is 0 Å². The third-order valence-corrected chi connectivity index (χ3v) is 8.87. The number of allylic oxidation sites excluding steroid dienone is 1. The van der Waals surface area contributed by atoms with Gasteiger partial charge in [-0.3, -0.25) is 9.59 Å². The zero-order chi connectivity index (χ0) is 20.6. The van der Waals surface area contributed by atoms with Crippen molar-refractivity contribution in [2.75, 3.05) is 6.61 Å². The third kappa shape index (κ3) is 2.40. The highest BCUT2D eigenvalue weighted by molar-refractivity contribution is 5.92. The van der Waals surface area contributed by atoms with Crippen molar-refractivity contribution in [1.29, 1.82) is 0 Å². The first-order valence-electron chi connectivity index (χ1n) is 10.4. The number of rotatable bonds is 2. The Labute approximate surface area is 164 Å². The smallest absolute Gasteiger partial charge is 0.264 e. The minimum absolute atomic E-state index is 0.0544. The maximum Gasteiger partial charge on any atom is 0.264 e. The quantitative estimate of drug-likeness (QED) is 0.752. The SMILES string of the molecule is C[C@@H]1C[C@H]2[C@@H]3CCC4=CC(=O)CC(F)(F)[C@]4(C)[C@H]3[C@@H](O)C[C@]2(C)[C@H]1C(=O)CO. The van der Waals surface area contributed by atoms with Gasteiger partial charge in [-0.2, -0.15) is 0 Å². The zero-order valence-electron chi connectivity index (χ0n) is 16.8. The highest BCUT2D eigenvalue weighted by Gasteiger charge is 2.69. The average molecular weight is 396 g/mol. The van der Waals surface area contributed by atoms with Crippen molar-refractivity contribution in [2.45, 2.75) is 64.9 Å². The first-order chi connectivity index (χ1) is 13.0. The lowest BCUT2D eigenvalue weighted by Crippen LogP contribution is -2.62. The molecule has 0 bridgehead atoms. The van der Waals surface area contributed by atoms with Crippen molar-refractivity contribution in [3.8, 4) is 0 Å². The second-order valence-corrected chi connectivity index (χ2v) is 10.1. The molecule has 3 saturated carbocycles. The number of fused-ring (bicyclic) bond motifs is 5. The number of Topliss-reactive ketones (excluding diaryl/α,β-unsaturated/α-hetero) is 1. The molecule has 0 aromatic carbocycles. The summed E-state index contributed by atoms with van der Waals surface area (Å²) in [5, 5.41) is 20.6. The number of aliphatic hydroxyl groups is 2. The van der Waals surface area contributed by atoms with E-state index in [4.69, 9.17) is 0 Å². The van der Waals surface area contributed by atoms with Crippen LogP contribution in [0.25, 0.3) is 0 Å². The van der Waals surface area contributed by atoms with E-state index in [0.717, 1.165) is 6.42 Å². The maximum absolute atomic E-state index is 15.2. The van der Waals surface area contributed by atoms with Gasteiger partial charge in [0.2, 0.25) is 0 Å². The van der Waals surface area contributed by atoms with E-state index in [0.29, 0.717) is 18.4 Å². The molecular weight excluding hydrogens is 366 g/mol. The molecule has 2 N–H and O–H groups in total. The highest BCUT2D eigenvalue weighted by Crippen LogP contribution is 2.69. The molecule has 4 nitrogen and oxygen atoms in total. The Morgan fingerprint density at radius 1 is 1.32 bits per heavy atom. The lowest BCUT2D eigenvalue weighted by atomic mass is 9.45. The summed E-state index contributed by atoms with van der Waals surface area (Å²) in [5.41, 5.74) is -1.53. The molecule has 0 saturated heterocycles. The van der Waals surface area contributed by atoms with Gasteiger partial charge in [0.15, 0.2) is 11.6 Å². The summed E-state index contributed by atoms with van der Waals surface area (Å²) in [6.45, 7) is 5.00. The van der Waals surface area contributed by atoms with Gasteiger partial charge in [-0.25, -0.2) is 8.78 Å². The van der Waals surface area contributed by atoms with Crippen LogP contribution in [0.15, 0.2) is 11.6 Å². The number of hydrogen-bond acceptors (Lipinski definition) is 4. The lowest BCUT2D eigenvalue weighted by molar-refractivity contribution is -0.207. The molecule has 0 radical (unpaired) electrons. The Hall–Kier alpha value is -1.14.